The summed E-state index contributed by atoms with van der Waals surface area (Å²) in [5.41, 5.74) is 5.34. The van der Waals surface area contributed by atoms with Gasteiger partial charge in [-0.3, -0.25) is 0 Å². The van der Waals surface area contributed by atoms with Crippen molar-refractivity contribution in [3.8, 4) is 0 Å². The van der Waals surface area contributed by atoms with E-state index in [4.69, 9.17) is 95.7 Å². The maximum Gasteiger partial charge on any atom is 0.216 e. The lowest BCUT2D eigenvalue weighted by molar-refractivity contribution is -0.0312. The normalized spacial score (nSPS) is 11.5. The topological polar surface area (TPSA) is 240 Å². The maximum atomic E-state index is 5.51. The van der Waals surface area contributed by atoms with Gasteiger partial charge in [-0.25, -0.2) is 0 Å². The summed E-state index contributed by atoms with van der Waals surface area (Å²) in [5, 5.41) is 7.29. The average molecular weight is 938 g/mol. The molecule has 0 aromatic carbocycles. The molecule has 0 aromatic rings. The highest BCUT2D eigenvalue weighted by Crippen LogP contribution is 1.89. The minimum atomic E-state index is 0.490. The lowest BCUT2D eigenvalue weighted by Gasteiger charge is -2.09. The molecule has 0 fully saturated rings. The maximum absolute atomic E-state index is 5.51. The Balaban J connectivity index is 3.07. The summed E-state index contributed by atoms with van der Waals surface area (Å²) >= 11 is 0. The van der Waals surface area contributed by atoms with Crippen molar-refractivity contribution >= 4 is 0 Å². The summed E-state index contributed by atoms with van der Waals surface area (Å²) in [5.74, 6) is 0. The minimum Gasteiger partial charge on any atom is -0.378 e. The Morgan fingerprint density at radius 2 is 0.375 bits per heavy atom. The lowest BCUT2D eigenvalue weighted by atomic mass is 10.6. The predicted octanol–water partition coefficient (Wildman–Crippen LogP) is -0.138. The fourth-order valence-electron chi connectivity index (χ4n) is 4.36. The van der Waals surface area contributed by atoms with E-state index in [2.05, 4.69) is 15.1 Å². The molecule has 0 aromatic heterocycles. The van der Waals surface area contributed by atoms with E-state index in [-0.39, 0.29) is 0 Å². The highest BCUT2D eigenvalue weighted by Gasteiger charge is 1.99. The second-order valence-corrected chi connectivity index (χ2v) is 12.6. The Kier molecular flexibility index (Phi) is 60.1. The molecular formula is C41H85N4O19+. The van der Waals surface area contributed by atoms with E-state index in [0.717, 1.165) is 0 Å². The third kappa shape index (κ3) is 60.5. The first kappa shape index (κ1) is 62.5. The smallest absolute Gasteiger partial charge is 0.216 e. The second-order valence-electron chi connectivity index (χ2n) is 12.6. The van der Waals surface area contributed by atoms with Gasteiger partial charge in [0.15, 0.2) is 0 Å². The van der Waals surface area contributed by atoms with Gasteiger partial charge in [-0.05, 0) is 0 Å². The van der Waals surface area contributed by atoms with Crippen LogP contribution in [0.1, 0.15) is 0 Å². The van der Waals surface area contributed by atoms with Gasteiger partial charge in [0.1, 0.15) is 23.8 Å². The SMILES string of the molecule is CN=[N+]=NCCOCCOCCOCCOCCOCCOCCOCCOCCOCCOCCOCCOCCOCCOCCOCCOCCOCCOCCOCCN. The van der Waals surface area contributed by atoms with Gasteiger partial charge in [0, 0.05) is 6.54 Å². The molecule has 0 aliphatic rings. The van der Waals surface area contributed by atoms with Gasteiger partial charge < -0.3 is 95.7 Å². The number of nitrogens with zero attached hydrogens (tertiary/aromatic N) is 3. The van der Waals surface area contributed by atoms with Crippen LogP contribution in [0.5, 0.6) is 0 Å². The highest BCUT2D eigenvalue weighted by molar-refractivity contribution is 4.42. The quantitative estimate of drug-likeness (QED) is 0.0474. The first-order chi connectivity index (χ1) is 31.9. The molecule has 0 radical (unpaired) electrons. The van der Waals surface area contributed by atoms with Gasteiger partial charge in [0.25, 0.3) is 0 Å². The van der Waals surface area contributed by atoms with Crippen molar-refractivity contribution < 1.29 is 90.0 Å². The molecule has 0 heterocycles. The summed E-state index contributed by atoms with van der Waals surface area (Å²) < 4.78 is 104. The minimum absolute atomic E-state index is 0.490. The largest absolute Gasteiger partial charge is 0.378 e. The molecule has 23 heteroatoms. The molecule has 0 aliphatic carbocycles. The first-order valence-corrected chi connectivity index (χ1v) is 22.5. The van der Waals surface area contributed by atoms with E-state index in [1.54, 1.807) is 7.05 Å². The van der Waals surface area contributed by atoms with Gasteiger partial charge in [-0.15, -0.1) is 0 Å². The number of hydrogen-bond acceptors (Lipinski definition) is 22. The van der Waals surface area contributed by atoms with Gasteiger partial charge in [-0.1, -0.05) is 0 Å². The van der Waals surface area contributed by atoms with Crippen LogP contribution in [-0.2, 0) is 90.0 Å². The molecule has 0 spiro atoms. The van der Waals surface area contributed by atoms with Gasteiger partial charge in [-0.2, -0.15) is 0 Å². The van der Waals surface area contributed by atoms with Crippen LogP contribution in [0.2, 0.25) is 0 Å². The molecule has 0 saturated heterocycles. The van der Waals surface area contributed by atoms with E-state index in [0.29, 0.717) is 264 Å². The van der Waals surface area contributed by atoms with Crippen LogP contribution in [0.4, 0.5) is 0 Å². The monoisotopic (exact) mass is 938 g/mol. The van der Waals surface area contributed by atoms with Crippen LogP contribution in [0.25, 0.3) is 0 Å². The Hall–Kier alpha value is -1.49. The fraction of sp³-hybridized carbons (Fsp3) is 1.00. The van der Waals surface area contributed by atoms with Crippen molar-refractivity contribution in [2.45, 2.75) is 0 Å². The number of nitrogens with two attached hydrogens (primary N) is 1. The summed E-state index contributed by atoms with van der Waals surface area (Å²) in [7, 11) is 1.57. The van der Waals surface area contributed by atoms with Crippen molar-refractivity contribution in [2.75, 3.05) is 271 Å². The summed E-state index contributed by atoms with van der Waals surface area (Å²) in [4.78, 5) is 3.51. The molecule has 0 bridgehead atoms. The van der Waals surface area contributed by atoms with Gasteiger partial charge in [0.05, 0.1) is 251 Å². The molecule has 64 heavy (non-hydrogen) atoms. The molecule has 0 rings (SSSR count). The molecule has 2 N–H and O–H groups in total. The Morgan fingerprint density at radius 3 is 0.516 bits per heavy atom. The average Bonchev–Trinajstić information content (AvgIpc) is 3.31. The van der Waals surface area contributed by atoms with Crippen LogP contribution in [0.15, 0.2) is 10.2 Å². The Morgan fingerprint density at radius 1 is 0.234 bits per heavy atom. The van der Waals surface area contributed by atoms with E-state index in [1.807, 2.05) is 0 Å². The van der Waals surface area contributed by atoms with Crippen molar-refractivity contribution in [2.24, 2.45) is 16.0 Å². The van der Waals surface area contributed by atoms with E-state index in [9.17, 15) is 0 Å². The van der Waals surface area contributed by atoms with Crippen molar-refractivity contribution in [1.29, 1.82) is 0 Å². The Bertz CT molecular complexity index is 907. The van der Waals surface area contributed by atoms with Crippen LogP contribution < -0.4 is 10.6 Å². The van der Waals surface area contributed by atoms with E-state index < -0.39 is 0 Å². The molecule has 382 valence electrons. The molecule has 0 saturated carbocycles. The zero-order valence-electron chi connectivity index (χ0n) is 39.0. The summed E-state index contributed by atoms with van der Waals surface area (Å²) in [6, 6.07) is 0. The lowest BCUT2D eigenvalue weighted by Crippen LogP contribution is -2.16. The van der Waals surface area contributed by atoms with E-state index >= 15 is 0 Å². The Labute approximate surface area is 381 Å². The van der Waals surface area contributed by atoms with Crippen LogP contribution >= 0.6 is 0 Å². The molecule has 0 unspecified atom stereocenters. The third-order valence-electron chi connectivity index (χ3n) is 7.45. The zero-order chi connectivity index (χ0) is 45.8. The fourth-order valence-corrected chi connectivity index (χ4v) is 4.36. The molecule has 0 amide bonds. The number of hydrogen-bond donors (Lipinski definition) is 1. The summed E-state index contributed by atoms with van der Waals surface area (Å²) in [6.07, 6.45) is 0. The van der Waals surface area contributed by atoms with Crippen molar-refractivity contribution in [1.82, 2.24) is 4.91 Å². The van der Waals surface area contributed by atoms with E-state index in [1.165, 1.54) is 0 Å². The van der Waals surface area contributed by atoms with Crippen molar-refractivity contribution in [3.05, 3.63) is 0 Å². The second kappa shape index (κ2) is 61.5. The number of rotatable bonds is 59. The number of ether oxygens (including phenoxy) is 19. The van der Waals surface area contributed by atoms with Crippen LogP contribution in [0, 0.1) is 0 Å². The van der Waals surface area contributed by atoms with Crippen LogP contribution in [0.3, 0.4) is 0 Å². The standard InChI is InChI=1S/C41H85N4O19/c1-43-45-44-3-5-47-7-9-49-11-13-51-15-17-53-19-21-55-23-25-57-27-29-59-31-33-61-35-37-63-39-41-64-40-38-62-36-34-60-32-30-58-28-26-56-24-22-54-20-18-52-16-14-50-12-10-48-8-6-46-4-2-42/h2-42H2,1H3/q+1. The molecular weight excluding hydrogens is 852 g/mol. The van der Waals surface area contributed by atoms with Crippen LogP contribution in [-0.4, -0.2) is 271 Å². The third-order valence-corrected chi connectivity index (χ3v) is 7.45. The highest BCUT2D eigenvalue weighted by atomic mass is 16.6. The van der Waals surface area contributed by atoms with Gasteiger partial charge in [0.2, 0.25) is 4.91 Å². The molecule has 0 atom stereocenters. The molecule has 0 aliphatic heterocycles. The first-order valence-electron chi connectivity index (χ1n) is 22.5. The van der Waals surface area contributed by atoms with Gasteiger partial charge >= 0.3 is 0 Å². The zero-order valence-corrected chi connectivity index (χ0v) is 39.0. The molecule has 23 nitrogen and oxygen atoms in total. The van der Waals surface area contributed by atoms with Crippen molar-refractivity contribution in [3.63, 3.8) is 0 Å². The summed E-state index contributed by atoms with van der Waals surface area (Å²) in [6.45, 7) is 20.1. The predicted molar refractivity (Wildman–Crippen MR) is 232 cm³/mol.